The van der Waals surface area contributed by atoms with E-state index in [1.165, 1.54) is 18.6 Å². The zero-order valence-electron chi connectivity index (χ0n) is 13.4. The van der Waals surface area contributed by atoms with E-state index in [9.17, 15) is 9.59 Å². The lowest BCUT2D eigenvalue weighted by atomic mass is 10.1. The number of nitrogens with zero attached hydrogens (tertiary/aromatic N) is 4. The third-order valence-electron chi connectivity index (χ3n) is 3.32. The number of carbonyl (C=O) groups excluding carboxylic acids is 2. The molecule has 0 aromatic carbocycles. The second-order valence-electron chi connectivity index (χ2n) is 6.36. The number of hydrogen-bond acceptors (Lipinski definition) is 5. The monoisotopic (exact) mass is 306 g/mol. The highest BCUT2D eigenvalue weighted by Gasteiger charge is 2.32. The molecule has 120 valence electrons. The molecule has 0 radical (unpaired) electrons. The molecule has 1 aliphatic rings. The van der Waals surface area contributed by atoms with E-state index in [2.05, 4.69) is 9.97 Å². The van der Waals surface area contributed by atoms with Gasteiger partial charge < -0.3 is 14.5 Å². The maximum Gasteiger partial charge on any atom is 0.410 e. The zero-order valence-corrected chi connectivity index (χ0v) is 13.4. The first kappa shape index (κ1) is 16.2. The molecule has 0 bridgehead atoms. The zero-order chi connectivity index (χ0) is 16.3. The molecule has 0 saturated carbocycles. The van der Waals surface area contributed by atoms with Crippen LogP contribution in [0.4, 0.5) is 4.79 Å². The molecular weight excluding hydrogens is 284 g/mol. The summed E-state index contributed by atoms with van der Waals surface area (Å²) in [7, 11) is 0. The van der Waals surface area contributed by atoms with Gasteiger partial charge in [-0.3, -0.25) is 9.78 Å². The molecule has 7 heteroatoms. The van der Waals surface area contributed by atoms with Gasteiger partial charge in [0.05, 0.1) is 6.20 Å². The topological polar surface area (TPSA) is 75.6 Å². The summed E-state index contributed by atoms with van der Waals surface area (Å²) < 4.78 is 5.37. The van der Waals surface area contributed by atoms with Crippen LogP contribution in [0.15, 0.2) is 18.6 Å². The Balaban J connectivity index is 1.98. The lowest BCUT2D eigenvalue weighted by Crippen LogP contribution is -2.56. The summed E-state index contributed by atoms with van der Waals surface area (Å²) in [5.41, 5.74) is -0.201. The minimum absolute atomic E-state index is 0.101. The highest BCUT2D eigenvalue weighted by Crippen LogP contribution is 2.16. The molecule has 1 aromatic rings. The smallest absolute Gasteiger partial charge is 0.410 e. The summed E-state index contributed by atoms with van der Waals surface area (Å²) in [4.78, 5) is 35.8. The van der Waals surface area contributed by atoms with E-state index in [4.69, 9.17) is 4.74 Å². The molecule has 2 heterocycles. The molecule has 0 N–H and O–H groups in total. The SMILES string of the molecule is C[C@@H]1CN(C(=O)OC(C)(C)C)CCN1C(=O)c1cnccn1. The normalized spacial score (nSPS) is 19.0. The Morgan fingerprint density at radius 2 is 2.00 bits per heavy atom. The summed E-state index contributed by atoms with van der Waals surface area (Å²) in [5, 5.41) is 0. The number of piperazine rings is 1. The van der Waals surface area contributed by atoms with Crippen LogP contribution in [0.2, 0.25) is 0 Å². The largest absolute Gasteiger partial charge is 0.444 e. The number of ether oxygens (including phenoxy) is 1. The van der Waals surface area contributed by atoms with Crippen LogP contribution in [-0.2, 0) is 4.74 Å². The lowest BCUT2D eigenvalue weighted by molar-refractivity contribution is 0.00605. The van der Waals surface area contributed by atoms with Crippen LogP contribution in [0.3, 0.4) is 0 Å². The van der Waals surface area contributed by atoms with Crippen molar-refractivity contribution in [2.24, 2.45) is 0 Å². The Morgan fingerprint density at radius 1 is 1.27 bits per heavy atom. The van der Waals surface area contributed by atoms with Gasteiger partial charge in [-0.05, 0) is 27.7 Å². The highest BCUT2D eigenvalue weighted by atomic mass is 16.6. The first-order chi connectivity index (χ1) is 10.3. The van der Waals surface area contributed by atoms with E-state index in [0.717, 1.165) is 0 Å². The number of carbonyl (C=O) groups is 2. The van der Waals surface area contributed by atoms with E-state index in [1.807, 2.05) is 27.7 Å². The fourth-order valence-corrected chi connectivity index (χ4v) is 2.31. The molecule has 1 saturated heterocycles. The molecule has 0 spiro atoms. The quantitative estimate of drug-likeness (QED) is 0.787. The summed E-state index contributed by atoms with van der Waals surface area (Å²) >= 11 is 0. The fraction of sp³-hybridized carbons (Fsp3) is 0.600. The van der Waals surface area contributed by atoms with Gasteiger partial charge in [0.15, 0.2) is 0 Å². The van der Waals surface area contributed by atoms with Crippen molar-refractivity contribution in [3.05, 3.63) is 24.3 Å². The van der Waals surface area contributed by atoms with Crippen LogP contribution < -0.4 is 0 Å². The molecule has 1 aromatic heterocycles. The van der Waals surface area contributed by atoms with Gasteiger partial charge in [0.2, 0.25) is 0 Å². The summed E-state index contributed by atoms with van der Waals surface area (Å²) in [6.45, 7) is 8.76. The van der Waals surface area contributed by atoms with E-state index in [1.54, 1.807) is 9.80 Å². The first-order valence-corrected chi connectivity index (χ1v) is 7.33. The Morgan fingerprint density at radius 3 is 2.55 bits per heavy atom. The second kappa shape index (κ2) is 6.29. The van der Waals surface area contributed by atoms with Gasteiger partial charge in [0.25, 0.3) is 5.91 Å². The van der Waals surface area contributed by atoms with Gasteiger partial charge >= 0.3 is 6.09 Å². The van der Waals surface area contributed by atoms with E-state index in [0.29, 0.717) is 25.3 Å². The molecule has 2 amide bonds. The number of amides is 2. The second-order valence-corrected chi connectivity index (χ2v) is 6.36. The van der Waals surface area contributed by atoms with Crippen molar-refractivity contribution in [3.63, 3.8) is 0 Å². The van der Waals surface area contributed by atoms with Crippen LogP contribution in [-0.4, -0.2) is 63.0 Å². The Hall–Kier alpha value is -2.18. The van der Waals surface area contributed by atoms with Gasteiger partial charge in [-0.1, -0.05) is 0 Å². The van der Waals surface area contributed by atoms with Crippen LogP contribution in [0.25, 0.3) is 0 Å². The molecular formula is C15H22N4O3. The molecule has 1 atom stereocenters. The minimum Gasteiger partial charge on any atom is -0.444 e. The first-order valence-electron chi connectivity index (χ1n) is 7.33. The molecule has 7 nitrogen and oxygen atoms in total. The minimum atomic E-state index is -0.521. The van der Waals surface area contributed by atoms with Gasteiger partial charge in [-0.2, -0.15) is 0 Å². The van der Waals surface area contributed by atoms with Gasteiger partial charge in [0.1, 0.15) is 11.3 Å². The van der Waals surface area contributed by atoms with Gasteiger partial charge in [0, 0.05) is 38.1 Å². The van der Waals surface area contributed by atoms with Crippen molar-refractivity contribution >= 4 is 12.0 Å². The number of rotatable bonds is 1. The summed E-state index contributed by atoms with van der Waals surface area (Å²) in [6, 6.07) is -0.101. The van der Waals surface area contributed by atoms with Crippen LogP contribution in [0.1, 0.15) is 38.2 Å². The van der Waals surface area contributed by atoms with E-state index >= 15 is 0 Å². The van der Waals surface area contributed by atoms with Crippen LogP contribution in [0.5, 0.6) is 0 Å². The fourth-order valence-electron chi connectivity index (χ4n) is 2.31. The van der Waals surface area contributed by atoms with Crippen molar-refractivity contribution in [3.8, 4) is 0 Å². The lowest BCUT2D eigenvalue weighted by Gasteiger charge is -2.39. The molecule has 1 aliphatic heterocycles. The van der Waals surface area contributed by atoms with Crippen molar-refractivity contribution in [2.45, 2.75) is 39.3 Å². The standard InChI is InChI=1S/C15H22N4O3/c1-11-10-18(14(21)22-15(2,3)4)7-8-19(11)13(20)12-9-16-5-6-17-12/h5-6,9,11H,7-8,10H2,1-4H3/t11-/m1/s1. The maximum absolute atomic E-state index is 12.4. The predicted octanol–water partition coefficient (Wildman–Crippen LogP) is 1.56. The molecule has 0 aliphatic carbocycles. The summed E-state index contributed by atoms with van der Waals surface area (Å²) in [6.07, 6.45) is 4.14. The van der Waals surface area contributed by atoms with Crippen molar-refractivity contribution in [2.75, 3.05) is 19.6 Å². The van der Waals surface area contributed by atoms with Crippen LogP contribution in [0, 0.1) is 0 Å². The Bertz CT molecular complexity index is 541. The predicted molar refractivity (Wildman–Crippen MR) is 80.3 cm³/mol. The van der Waals surface area contributed by atoms with Crippen molar-refractivity contribution in [1.82, 2.24) is 19.8 Å². The van der Waals surface area contributed by atoms with Crippen LogP contribution >= 0.6 is 0 Å². The summed E-state index contributed by atoms with van der Waals surface area (Å²) in [5.74, 6) is -0.163. The van der Waals surface area contributed by atoms with Gasteiger partial charge in [-0.25, -0.2) is 9.78 Å². The Kier molecular flexibility index (Phi) is 4.63. The van der Waals surface area contributed by atoms with Crippen molar-refractivity contribution in [1.29, 1.82) is 0 Å². The highest BCUT2D eigenvalue weighted by molar-refractivity contribution is 5.92. The average molecular weight is 306 g/mol. The third kappa shape index (κ3) is 3.93. The molecule has 1 fully saturated rings. The molecule has 0 unspecified atom stereocenters. The molecule has 22 heavy (non-hydrogen) atoms. The Labute approximate surface area is 130 Å². The number of hydrogen-bond donors (Lipinski definition) is 0. The van der Waals surface area contributed by atoms with E-state index < -0.39 is 5.60 Å². The van der Waals surface area contributed by atoms with E-state index in [-0.39, 0.29) is 18.0 Å². The third-order valence-corrected chi connectivity index (χ3v) is 3.32. The number of aromatic nitrogens is 2. The molecule has 2 rings (SSSR count). The average Bonchev–Trinajstić information content (AvgIpc) is 2.45. The van der Waals surface area contributed by atoms with Crippen molar-refractivity contribution < 1.29 is 14.3 Å². The van der Waals surface area contributed by atoms with Gasteiger partial charge in [-0.15, -0.1) is 0 Å². The maximum atomic E-state index is 12.4.